The van der Waals surface area contributed by atoms with Crippen LogP contribution in [0.25, 0.3) is 5.65 Å². The first kappa shape index (κ1) is 14.5. The number of ether oxygens (including phenoxy) is 1. The van der Waals surface area contributed by atoms with Crippen LogP contribution in [-0.4, -0.2) is 40.1 Å². The van der Waals surface area contributed by atoms with Gasteiger partial charge in [0, 0.05) is 25.4 Å². The van der Waals surface area contributed by atoms with Crippen molar-refractivity contribution in [2.24, 2.45) is 0 Å². The Labute approximate surface area is 126 Å². The molecule has 0 radical (unpaired) electrons. The zero-order valence-corrected chi connectivity index (χ0v) is 12.1. The molecular weight excluding hydrogens is 288 g/mol. The van der Waals surface area contributed by atoms with Crippen LogP contribution in [0.4, 0.5) is 11.5 Å². The van der Waals surface area contributed by atoms with Gasteiger partial charge in [-0.15, -0.1) is 0 Å². The minimum Gasteiger partial charge on any atom is -0.380 e. The summed E-state index contributed by atoms with van der Waals surface area (Å²) in [4.78, 5) is 29.4. The first-order valence-corrected chi connectivity index (χ1v) is 7.10. The number of hydrogen-bond donors (Lipinski definition) is 0. The van der Waals surface area contributed by atoms with E-state index in [0.29, 0.717) is 25.4 Å². The van der Waals surface area contributed by atoms with Gasteiger partial charge in [-0.25, -0.2) is 4.98 Å². The molecule has 22 heavy (non-hydrogen) atoms. The Morgan fingerprint density at radius 3 is 3.00 bits per heavy atom. The molecule has 0 aromatic carbocycles. The second-order valence-electron chi connectivity index (χ2n) is 5.22. The van der Waals surface area contributed by atoms with Crippen LogP contribution in [-0.2, 0) is 4.74 Å². The summed E-state index contributed by atoms with van der Waals surface area (Å²) < 4.78 is 6.61. The standard InChI is InChI=1S/C14H16N4O4/c1-10-5-8-22-9-7-16(10)13-12(18(20)21)14(19)17-6-3-2-4-11(17)15-13/h2-4,6,10H,5,7-9H2,1H3. The predicted octanol–water partition coefficient (Wildman–Crippen LogP) is 1.22. The molecule has 1 saturated heterocycles. The predicted molar refractivity (Wildman–Crippen MR) is 80.4 cm³/mol. The van der Waals surface area contributed by atoms with E-state index in [2.05, 4.69) is 4.98 Å². The average molecular weight is 304 g/mol. The number of rotatable bonds is 2. The first-order chi connectivity index (χ1) is 10.6. The Morgan fingerprint density at radius 1 is 1.41 bits per heavy atom. The van der Waals surface area contributed by atoms with Gasteiger partial charge >= 0.3 is 11.2 Å². The van der Waals surface area contributed by atoms with Crippen molar-refractivity contribution in [1.29, 1.82) is 0 Å². The number of aromatic nitrogens is 2. The average Bonchev–Trinajstić information content (AvgIpc) is 2.71. The highest BCUT2D eigenvalue weighted by atomic mass is 16.6. The lowest BCUT2D eigenvalue weighted by molar-refractivity contribution is -0.385. The van der Waals surface area contributed by atoms with Crippen molar-refractivity contribution < 1.29 is 9.66 Å². The quantitative estimate of drug-likeness (QED) is 0.612. The SMILES string of the molecule is CC1CCOCCN1c1nc2ccccn2c(=O)c1[N+](=O)[O-]. The van der Waals surface area contributed by atoms with Crippen molar-refractivity contribution in [1.82, 2.24) is 9.38 Å². The fraction of sp³-hybridized carbons (Fsp3) is 0.429. The largest absolute Gasteiger partial charge is 0.380 e. The lowest BCUT2D eigenvalue weighted by atomic mass is 10.2. The van der Waals surface area contributed by atoms with Crippen molar-refractivity contribution in [3.8, 4) is 0 Å². The third-order valence-corrected chi connectivity index (χ3v) is 3.84. The van der Waals surface area contributed by atoms with E-state index < -0.39 is 16.2 Å². The van der Waals surface area contributed by atoms with Gasteiger partial charge in [-0.1, -0.05) is 6.07 Å². The number of anilines is 1. The van der Waals surface area contributed by atoms with E-state index in [1.54, 1.807) is 23.1 Å². The molecule has 2 aromatic heterocycles. The highest BCUT2D eigenvalue weighted by Gasteiger charge is 2.30. The Kier molecular flexibility index (Phi) is 3.76. The molecule has 0 N–H and O–H groups in total. The third-order valence-electron chi connectivity index (χ3n) is 3.84. The van der Waals surface area contributed by atoms with Crippen LogP contribution in [0.2, 0.25) is 0 Å². The fourth-order valence-electron chi connectivity index (χ4n) is 2.64. The van der Waals surface area contributed by atoms with Gasteiger partial charge in [0.2, 0.25) is 5.82 Å². The maximum atomic E-state index is 12.4. The van der Waals surface area contributed by atoms with Gasteiger partial charge in [-0.3, -0.25) is 19.3 Å². The van der Waals surface area contributed by atoms with Crippen molar-refractivity contribution in [3.63, 3.8) is 0 Å². The van der Waals surface area contributed by atoms with Crippen LogP contribution < -0.4 is 10.5 Å². The van der Waals surface area contributed by atoms with Crippen molar-refractivity contribution >= 4 is 17.2 Å². The lowest BCUT2D eigenvalue weighted by Gasteiger charge is -2.27. The first-order valence-electron chi connectivity index (χ1n) is 7.10. The molecule has 0 bridgehead atoms. The van der Waals surface area contributed by atoms with Crippen LogP contribution in [0.15, 0.2) is 29.2 Å². The number of nitro groups is 1. The molecular formula is C14H16N4O4. The molecule has 0 saturated carbocycles. The molecule has 0 aliphatic carbocycles. The number of hydrogen-bond acceptors (Lipinski definition) is 6. The molecule has 1 fully saturated rings. The molecule has 1 atom stereocenters. The Morgan fingerprint density at radius 2 is 2.23 bits per heavy atom. The molecule has 3 rings (SSSR count). The van der Waals surface area contributed by atoms with Gasteiger partial charge in [0.15, 0.2) is 0 Å². The molecule has 1 unspecified atom stereocenters. The maximum absolute atomic E-state index is 12.4. The van der Waals surface area contributed by atoms with E-state index in [9.17, 15) is 14.9 Å². The van der Waals surface area contributed by atoms with Crippen molar-refractivity contribution in [2.45, 2.75) is 19.4 Å². The highest BCUT2D eigenvalue weighted by Crippen LogP contribution is 2.26. The molecule has 3 heterocycles. The second kappa shape index (κ2) is 5.72. The van der Waals surface area contributed by atoms with Gasteiger partial charge in [-0.05, 0) is 25.5 Å². The van der Waals surface area contributed by atoms with Crippen molar-refractivity contribution in [3.05, 3.63) is 44.9 Å². The van der Waals surface area contributed by atoms with Gasteiger partial charge in [0.05, 0.1) is 11.5 Å². The zero-order valence-electron chi connectivity index (χ0n) is 12.1. The van der Waals surface area contributed by atoms with Crippen molar-refractivity contribution in [2.75, 3.05) is 24.7 Å². The van der Waals surface area contributed by atoms with E-state index in [1.807, 2.05) is 6.92 Å². The van der Waals surface area contributed by atoms with Crippen LogP contribution in [0.5, 0.6) is 0 Å². The van der Waals surface area contributed by atoms with Gasteiger partial charge in [0.1, 0.15) is 5.65 Å². The van der Waals surface area contributed by atoms with E-state index in [-0.39, 0.29) is 11.9 Å². The Bertz CT molecular complexity index is 773. The molecule has 116 valence electrons. The second-order valence-corrected chi connectivity index (χ2v) is 5.22. The van der Waals surface area contributed by atoms with Gasteiger partial charge in [-0.2, -0.15) is 0 Å². The fourth-order valence-corrected chi connectivity index (χ4v) is 2.64. The molecule has 1 aliphatic rings. The molecule has 1 aliphatic heterocycles. The van der Waals surface area contributed by atoms with Gasteiger partial charge < -0.3 is 9.64 Å². The lowest BCUT2D eigenvalue weighted by Crippen LogP contribution is -2.37. The minimum absolute atomic E-state index is 0.0132. The third kappa shape index (κ3) is 2.41. The summed E-state index contributed by atoms with van der Waals surface area (Å²) in [7, 11) is 0. The van der Waals surface area contributed by atoms with Crippen LogP contribution in [0, 0.1) is 10.1 Å². The normalized spacial score (nSPS) is 19.1. The summed E-state index contributed by atoms with van der Waals surface area (Å²) >= 11 is 0. The van der Waals surface area contributed by atoms with Crippen LogP contribution in [0.1, 0.15) is 13.3 Å². The summed E-state index contributed by atoms with van der Waals surface area (Å²) in [5, 5.41) is 11.4. The Balaban J connectivity index is 2.25. The van der Waals surface area contributed by atoms with E-state index >= 15 is 0 Å². The monoisotopic (exact) mass is 304 g/mol. The highest BCUT2D eigenvalue weighted by molar-refractivity contribution is 5.62. The zero-order chi connectivity index (χ0) is 15.7. The van der Waals surface area contributed by atoms with Crippen LogP contribution >= 0.6 is 0 Å². The van der Waals surface area contributed by atoms with Crippen LogP contribution in [0.3, 0.4) is 0 Å². The molecule has 0 spiro atoms. The summed E-state index contributed by atoms with van der Waals surface area (Å²) in [6.07, 6.45) is 2.21. The number of fused-ring (bicyclic) bond motifs is 1. The molecule has 8 nitrogen and oxygen atoms in total. The number of pyridine rings is 1. The number of nitrogens with zero attached hydrogens (tertiary/aromatic N) is 4. The Hall–Kier alpha value is -2.48. The van der Waals surface area contributed by atoms with Gasteiger partial charge in [0.25, 0.3) is 0 Å². The summed E-state index contributed by atoms with van der Waals surface area (Å²) in [6, 6.07) is 5.06. The summed E-state index contributed by atoms with van der Waals surface area (Å²) in [6.45, 7) is 3.47. The maximum Gasteiger partial charge on any atom is 0.376 e. The summed E-state index contributed by atoms with van der Waals surface area (Å²) in [5.41, 5.74) is -0.758. The topological polar surface area (TPSA) is 90.0 Å². The molecule has 0 amide bonds. The summed E-state index contributed by atoms with van der Waals surface area (Å²) in [5.74, 6) is 0.124. The van der Waals surface area contributed by atoms with E-state index in [4.69, 9.17) is 4.74 Å². The smallest absolute Gasteiger partial charge is 0.376 e. The van der Waals surface area contributed by atoms with E-state index in [1.165, 1.54) is 10.6 Å². The molecule has 2 aromatic rings. The minimum atomic E-state index is -0.664. The van der Waals surface area contributed by atoms with E-state index in [0.717, 1.165) is 6.42 Å². The molecule has 8 heteroatoms.